The topological polar surface area (TPSA) is 129 Å². The zero-order valence-electron chi connectivity index (χ0n) is 14.7. The molecule has 146 valence electrons. The van der Waals surface area contributed by atoms with Gasteiger partial charge in [-0.3, -0.25) is 19.7 Å². The molecular formula is C17H20ClN3O5S. The van der Waals surface area contributed by atoms with Gasteiger partial charge in [-0.05, 0) is 24.5 Å². The van der Waals surface area contributed by atoms with E-state index in [1.807, 2.05) is 13.8 Å². The molecule has 0 radical (unpaired) electrons. The second-order valence-corrected chi connectivity index (χ2v) is 7.87. The number of amides is 1. The van der Waals surface area contributed by atoms with Crippen molar-refractivity contribution in [2.24, 2.45) is 5.92 Å². The van der Waals surface area contributed by atoms with Crippen LogP contribution in [0.5, 0.6) is 0 Å². The average Bonchev–Trinajstić information content (AvgIpc) is 2.96. The van der Waals surface area contributed by atoms with Crippen LogP contribution in [-0.4, -0.2) is 45.1 Å². The number of para-hydroxylation sites is 1. The molecule has 1 aromatic carbocycles. The Morgan fingerprint density at radius 2 is 1.85 bits per heavy atom. The van der Waals surface area contributed by atoms with Gasteiger partial charge in [-0.1, -0.05) is 42.9 Å². The van der Waals surface area contributed by atoms with E-state index in [0.717, 1.165) is 4.70 Å². The lowest BCUT2D eigenvalue weighted by molar-refractivity contribution is -0.144. The number of nitrogens with zero attached hydrogens (tertiary/aromatic N) is 1. The number of benzene rings is 1. The Labute approximate surface area is 164 Å². The Morgan fingerprint density at radius 1 is 1.19 bits per heavy atom. The lowest BCUT2D eigenvalue weighted by Crippen LogP contribution is -2.49. The number of carboxylic acids is 2. The highest BCUT2D eigenvalue weighted by molar-refractivity contribution is 7.22. The minimum atomic E-state index is -1.33. The molecule has 0 fully saturated rings. The average molecular weight is 414 g/mol. The van der Waals surface area contributed by atoms with Gasteiger partial charge in [-0.15, -0.1) is 0 Å². The molecule has 2 atom stereocenters. The summed E-state index contributed by atoms with van der Waals surface area (Å²) in [7, 11) is 0. The second-order valence-electron chi connectivity index (χ2n) is 6.44. The van der Waals surface area contributed by atoms with Crippen LogP contribution in [0, 0.1) is 5.92 Å². The van der Waals surface area contributed by atoms with Crippen LogP contribution in [0.15, 0.2) is 18.2 Å². The van der Waals surface area contributed by atoms with Gasteiger partial charge in [0.15, 0.2) is 5.13 Å². The molecule has 2 rings (SSSR count). The Bertz CT molecular complexity index is 854. The van der Waals surface area contributed by atoms with Crippen molar-refractivity contribution in [3.63, 3.8) is 0 Å². The molecule has 0 saturated carbocycles. The van der Waals surface area contributed by atoms with Crippen LogP contribution < -0.4 is 10.6 Å². The number of carbonyl (C=O) groups is 3. The van der Waals surface area contributed by atoms with Crippen molar-refractivity contribution < 1.29 is 24.6 Å². The van der Waals surface area contributed by atoms with E-state index < -0.39 is 36.4 Å². The smallest absolute Gasteiger partial charge is 0.321 e. The van der Waals surface area contributed by atoms with E-state index in [-0.39, 0.29) is 12.3 Å². The number of rotatable bonds is 9. The number of fused-ring (bicyclic) bond motifs is 1. The highest BCUT2D eigenvalue weighted by Crippen LogP contribution is 2.30. The lowest BCUT2D eigenvalue weighted by atomic mass is 10.0. The van der Waals surface area contributed by atoms with E-state index in [0.29, 0.717) is 15.7 Å². The van der Waals surface area contributed by atoms with Crippen molar-refractivity contribution >= 4 is 56.1 Å². The van der Waals surface area contributed by atoms with Gasteiger partial charge in [0.05, 0.1) is 16.1 Å². The van der Waals surface area contributed by atoms with Crippen LogP contribution in [0.4, 0.5) is 5.13 Å². The lowest BCUT2D eigenvalue weighted by Gasteiger charge is -2.21. The van der Waals surface area contributed by atoms with Gasteiger partial charge < -0.3 is 15.5 Å². The van der Waals surface area contributed by atoms with Gasteiger partial charge in [0.1, 0.15) is 17.6 Å². The van der Waals surface area contributed by atoms with Crippen LogP contribution in [-0.2, 0) is 14.4 Å². The first kappa shape index (κ1) is 21.1. The van der Waals surface area contributed by atoms with Crippen LogP contribution >= 0.6 is 22.9 Å². The minimum absolute atomic E-state index is 0.0503. The highest BCUT2D eigenvalue weighted by Gasteiger charge is 2.28. The fourth-order valence-corrected chi connectivity index (χ4v) is 3.68. The summed E-state index contributed by atoms with van der Waals surface area (Å²) in [6.45, 7) is 3.66. The third kappa shape index (κ3) is 5.88. The third-order valence-corrected chi connectivity index (χ3v) is 4.95. The molecule has 4 N–H and O–H groups in total. The van der Waals surface area contributed by atoms with Crippen molar-refractivity contribution in [1.82, 2.24) is 10.3 Å². The number of hydrogen-bond acceptors (Lipinski definition) is 6. The first-order chi connectivity index (χ1) is 12.7. The fourth-order valence-electron chi connectivity index (χ4n) is 2.50. The monoisotopic (exact) mass is 413 g/mol. The van der Waals surface area contributed by atoms with Crippen LogP contribution in [0.25, 0.3) is 10.2 Å². The quantitative estimate of drug-likeness (QED) is 0.497. The largest absolute Gasteiger partial charge is 0.480 e. The number of thiazole rings is 1. The normalized spacial score (nSPS) is 13.5. The van der Waals surface area contributed by atoms with Gasteiger partial charge in [-0.25, -0.2) is 4.98 Å². The molecule has 1 amide bonds. The van der Waals surface area contributed by atoms with Gasteiger partial charge >= 0.3 is 11.9 Å². The number of carbonyl (C=O) groups excluding carboxylic acids is 1. The molecule has 0 bridgehead atoms. The summed E-state index contributed by atoms with van der Waals surface area (Å²) in [4.78, 5) is 39.2. The number of halogens is 1. The molecule has 0 aliphatic heterocycles. The summed E-state index contributed by atoms with van der Waals surface area (Å²) in [6, 6.07) is 2.86. The minimum Gasteiger partial charge on any atom is -0.480 e. The number of aliphatic carboxylic acids is 2. The second kappa shape index (κ2) is 9.12. The molecule has 2 aromatic rings. The number of anilines is 1. The van der Waals surface area contributed by atoms with Crippen LogP contribution in [0.3, 0.4) is 0 Å². The Kier molecular flexibility index (Phi) is 7.11. The van der Waals surface area contributed by atoms with E-state index in [1.165, 1.54) is 11.3 Å². The molecule has 0 unspecified atom stereocenters. The molecule has 0 aliphatic carbocycles. The molecule has 10 heteroatoms. The van der Waals surface area contributed by atoms with Gasteiger partial charge in [0, 0.05) is 0 Å². The number of hydrogen-bond donors (Lipinski definition) is 4. The van der Waals surface area contributed by atoms with Crippen LogP contribution in [0.1, 0.15) is 26.7 Å². The standard InChI is InChI=1S/C17H20ClN3O5S/c1-8(2)6-10(15(23)24)19-11(16(25)26)7-13(22)20-17-21-14-9(18)4-3-5-12(14)27-17/h3-5,8,10-11,19H,6-7H2,1-2H3,(H,23,24)(H,25,26)(H,20,21,22)/t10-,11-/m0/s1. The van der Waals surface area contributed by atoms with Crippen LogP contribution in [0.2, 0.25) is 5.02 Å². The molecule has 0 saturated heterocycles. The maximum atomic E-state index is 12.2. The Hall–Kier alpha value is -2.23. The summed E-state index contributed by atoms with van der Waals surface area (Å²) < 4.78 is 0.786. The van der Waals surface area contributed by atoms with Crippen molar-refractivity contribution in [2.45, 2.75) is 38.8 Å². The highest BCUT2D eigenvalue weighted by atomic mass is 35.5. The number of carboxylic acid groups (broad SMARTS) is 2. The summed E-state index contributed by atoms with van der Waals surface area (Å²) in [5, 5.41) is 24.4. The molecule has 27 heavy (non-hydrogen) atoms. The predicted molar refractivity (Wildman–Crippen MR) is 103 cm³/mol. The van der Waals surface area contributed by atoms with E-state index in [1.54, 1.807) is 18.2 Å². The van der Waals surface area contributed by atoms with E-state index in [2.05, 4.69) is 15.6 Å². The Morgan fingerprint density at radius 3 is 2.41 bits per heavy atom. The third-order valence-electron chi connectivity index (χ3n) is 3.71. The zero-order valence-corrected chi connectivity index (χ0v) is 16.3. The maximum Gasteiger partial charge on any atom is 0.321 e. The Balaban J connectivity index is 2.06. The van der Waals surface area contributed by atoms with Crippen molar-refractivity contribution in [1.29, 1.82) is 0 Å². The van der Waals surface area contributed by atoms with Gasteiger partial charge in [0.25, 0.3) is 0 Å². The predicted octanol–water partition coefficient (Wildman–Crippen LogP) is 2.82. The molecule has 1 aromatic heterocycles. The molecule has 0 spiro atoms. The van der Waals surface area contributed by atoms with E-state index >= 15 is 0 Å². The fraction of sp³-hybridized carbons (Fsp3) is 0.412. The summed E-state index contributed by atoms with van der Waals surface area (Å²) >= 11 is 7.26. The molecule has 0 aliphatic rings. The maximum absolute atomic E-state index is 12.2. The molecule has 1 heterocycles. The summed E-state index contributed by atoms with van der Waals surface area (Å²) in [5.74, 6) is -2.99. The van der Waals surface area contributed by atoms with Gasteiger partial charge in [-0.2, -0.15) is 0 Å². The molecule has 8 nitrogen and oxygen atoms in total. The van der Waals surface area contributed by atoms with E-state index in [4.69, 9.17) is 11.6 Å². The summed E-state index contributed by atoms with van der Waals surface area (Å²) in [6.07, 6.45) is -0.183. The zero-order chi connectivity index (χ0) is 20.1. The summed E-state index contributed by atoms with van der Waals surface area (Å²) in [5.41, 5.74) is 0.551. The van der Waals surface area contributed by atoms with E-state index in [9.17, 15) is 24.6 Å². The number of aromatic nitrogens is 1. The molecular weight excluding hydrogens is 394 g/mol. The first-order valence-corrected chi connectivity index (χ1v) is 9.43. The van der Waals surface area contributed by atoms with Gasteiger partial charge in [0.2, 0.25) is 5.91 Å². The first-order valence-electron chi connectivity index (χ1n) is 8.24. The number of nitrogens with one attached hydrogen (secondary N) is 2. The SMILES string of the molecule is CC(C)C[C@H](N[C@@H](CC(=O)Nc1nc2c(Cl)cccc2s1)C(=O)O)C(=O)O. The van der Waals surface area contributed by atoms with Crippen molar-refractivity contribution in [3.05, 3.63) is 23.2 Å². The van der Waals surface area contributed by atoms with Crippen molar-refractivity contribution in [3.8, 4) is 0 Å². The van der Waals surface area contributed by atoms with Crippen molar-refractivity contribution in [2.75, 3.05) is 5.32 Å².